The molecule has 0 fully saturated rings. The Morgan fingerprint density at radius 2 is 1.89 bits per heavy atom. The largest absolute Gasteiger partial charge is 0.487 e. The molecule has 1 heterocycles. The van der Waals surface area contributed by atoms with Gasteiger partial charge in [-0.1, -0.05) is 25.1 Å². The lowest BCUT2D eigenvalue weighted by molar-refractivity contribution is 0.0696. The molecule has 0 aliphatic heterocycles. The molecule has 1 aliphatic rings. The number of halogens is 1. The number of pyridine rings is 1. The summed E-state index contributed by atoms with van der Waals surface area (Å²) in [6, 6.07) is 13.1. The van der Waals surface area contributed by atoms with E-state index in [9.17, 15) is 17.6 Å². The average molecular weight is 499 g/mol. The van der Waals surface area contributed by atoms with E-state index in [1.165, 1.54) is 18.3 Å². The Morgan fingerprint density at radius 1 is 1.17 bits per heavy atom. The third-order valence-electron chi connectivity index (χ3n) is 6.02. The minimum Gasteiger partial charge on any atom is -0.487 e. The van der Waals surface area contributed by atoms with E-state index in [0.29, 0.717) is 11.3 Å². The quantitative estimate of drug-likeness (QED) is 0.410. The second-order valence-corrected chi connectivity index (χ2v) is 10.1. The first-order valence-corrected chi connectivity index (χ1v) is 13.0. The van der Waals surface area contributed by atoms with Gasteiger partial charge in [0.1, 0.15) is 18.5 Å². The van der Waals surface area contributed by atoms with Crippen LogP contribution in [-0.2, 0) is 35.9 Å². The van der Waals surface area contributed by atoms with Gasteiger partial charge in [-0.25, -0.2) is 14.2 Å². The fraction of sp³-hybridized carbons (Fsp3) is 0.308. The number of fused-ring (bicyclic) bond motifs is 1. The van der Waals surface area contributed by atoms with Crippen molar-refractivity contribution in [2.45, 2.75) is 56.8 Å². The molecular weight excluding hydrogens is 471 g/mol. The summed E-state index contributed by atoms with van der Waals surface area (Å²) in [6.07, 6.45) is 3.14. The summed E-state index contributed by atoms with van der Waals surface area (Å²) in [4.78, 5) is 15.1. The standard InChI is InChI=1S/C26H27FN2O5S/c1-2-22(27)13-21-7-4-12-28-25(21)35(32,33)29-23-14-19-5-3-6-20(19)15-24(23)34-16-17-8-10-18(11-9-17)26(30)31/h4,7-12,14-15,22,29H,2-3,5-6,13,16H2,1H3,(H,30,31)/t22-/m1/s1. The van der Waals surface area contributed by atoms with Crippen LogP contribution in [0.25, 0.3) is 0 Å². The molecule has 184 valence electrons. The number of carboxylic acid groups (broad SMARTS) is 1. The van der Waals surface area contributed by atoms with Gasteiger partial charge in [-0.2, -0.15) is 8.42 Å². The van der Waals surface area contributed by atoms with Crippen LogP contribution < -0.4 is 9.46 Å². The van der Waals surface area contributed by atoms with E-state index >= 15 is 0 Å². The number of ether oxygens (including phenoxy) is 1. The van der Waals surface area contributed by atoms with Gasteiger partial charge in [-0.15, -0.1) is 0 Å². The lowest BCUT2D eigenvalue weighted by Crippen LogP contribution is -2.19. The molecule has 0 unspecified atom stereocenters. The number of sulfonamides is 1. The summed E-state index contributed by atoms with van der Waals surface area (Å²) < 4.78 is 49.3. The highest BCUT2D eigenvalue weighted by Gasteiger charge is 2.25. The number of nitrogens with zero attached hydrogens (tertiary/aromatic N) is 1. The zero-order valence-corrected chi connectivity index (χ0v) is 20.1. The van der Waals surface area contributed by atoms with Crippen LogP contribution in [0.3, 0.4) is 0 Å². The van der Waals surface area contributed by atoms with Crippen LogP contribution in [-0.4, -0.2) is 30.6 Å². The molecule has 1 aliphatic carbocycles. The van der Waals surface area contributed by atoms with Gasteiger partial charge in [0.2, 0.25) is 0 Å². The van der Waals surface area contributed by atoms with Crippen LogP contribution in [0.15, 0.2) is 59.8 Å². The van der Waals surface area contributed by atoms with Crippen molar-refractivity contribution >= 4 is 21.7 Å². The number of anilines is 1. The number of hydrogen-bond acceptors (Lipinski definition) is 5. The van der Waals surface area contributed by atoms with Crippen LogP contribution in [0, 0.1) is 0 Å². The Balaban J connectivity index is 1.62. The number of hydrogen-bond donors (Lipinski definition) is 2. The SMILES string of the molecule is CC[C@@H](F)Cc1cccnc1S(=O)(=O)Nc1cc2c(cc1OCc1ccc(C(=O)O)cc1)CCC2. The number of aryl methyl sites for hydroxylation is 2. The second-order valence-electron chi connectivity index (χ2n) is 8.54. The van der Waals surface area contributed by atoms with Crippen molar-refractivity contribution in [1.29, 1.82) is 0 Å². The molecular formula is C26H27FN2O5S. The highest BCUT2D eigenvalue weighted by molar-refractivity contribution is 7.92. The highest BCUT2D eigenvalue weighted by atomic mass is 32.2. The lowest BCUT2D eigenvalue weighted by Gasteiger charge is -2.17. The summed E-state index contributed by atoms with van der Waals surface area (Å²) in [6.45, 7) is 1.83. The van der Waals surface area contributed by atoms with Gasteiger partial charge in [0.05, 0.1) is 11.3 Å². The zero-order chi connectivity index (χ0) is 25.0. The smallest absolute Gasteiger partial charge is 0.335 e. The number of carboxylic acids is 1. The van der Waals surface area contributed by atoms with E-state index in [-0.39, 0.29) is 35.7 Å². The number of aromatic carboxylic acids is 1. The predicted molar refractivity (Wildman–Crippen MR) is 130 cm³/mol. The molecule has 4 rings (SSSR count). The second kappa shape index (κ2) is 10.4. The Labute approximate surface area is 204 Å². The Kier molecular flexibility index (Phi) is 7.35. The third-order valence-corrected chi connectivity index (χ3v) is 7.39. The molecule has 0 saturated carbocycles. The van der Waals surface area contributed by atoms with Gasteiger partial charge in [0.25, 0.3) is 10.0 Å². The number of benzene rings is 2. The highest BCUT2D eigenvalue weighted by Crippen LogP contribution is 2.35. The maximum absolute atomic E-state index is 14.1. The summed E-state index contributed by atoms with van der Waals surface area (Å²) in [5.41, 5.74) is 3.67. The lowest BCUT2D eigenvalue weighted by atomic mass is 10.1. The van der Waals surface area contributed by atoms with Gasteiger partial charge in [0.15, 0.2) is 5.03 Å². The molecule has 0 radical (unpaired) electrons. The monoisotopic (exact) mass is 498 g/mol. The number of rotatable bonds is 10. The van der Waals surface area contributed by atoms with Gasteiger partial charge >= 0.3 is 5.97 Å². The fourth-order valence-corrected chi connectivity index (χ4v) is 5.34. The van der Waals surface area contributed by atoms with Gasteiger partial charge in [-0.3, -0.25) is 4.72 Å². The topological polar surface area (TPSA) is 106 Å². The Morgan fingerprint density at radius 3 is 2.57 bits per heavy atom. The molecule has 1 aromatic heterocycles. The minimum atomic E-state index is -4.11. The van der Waals surface area contributed by atoms with Crippen molar-refractivity contribution in [3.8, 4) is 5.75 Å². The molecule has 0 saturated heterocycles. The van der Waals surface area contributed by atoms with E-state index in [4.69, 9.17) is 9.84 Å². The van der Waals surface area contributed by atoms with Crippen molar-refractivity contribution in [2.24, 2.45) is 0 Å². The van der Waals surface area contributed by atoms with Crippen LogP contribution >= 0.6 is 0 Å². The normalized spacial score (nSPS) is 13.8. The molecule has 2 N–H and O–H groups in total. The fourth-order valence-electron chi connectivity index (χ4n) is 4.10. The van der Waals surface area contributed by atoms with Crippen molar-refractivity contribution in [3.05, 3.63) is 82.5 Å². The van der Waals surface area contributed by atoms with E-state index in [1.807, 2.05) is 6.07 Å². The zero-order valence-electron chi connectivity index (χ0n) is 19.3. The number of alkyl halides is 1. The number of carbonyl (C=O) groups is 1. The summed E-state index contributed by atoms with van der Waals surface area (Å²) in [7, 11) is -4.11. The van der Waals surface area contributed by atoms with Gasteiger partial charge in [-0.05, 0) is 78.3 Å². The average Bonchev–Trinajstić information content (AvgIpc) is 3.30. The van der Waals surface area contributed by atoms with Crippen LogP contribution in [0.5, 0.6) is 5.75 Å². The first-order chi connectivity index (χ1) is 16.8. The molecule has 35 heavy (non-hydrogen) atoms. The van der Waals surface area contributed by atoms with E-state index in [1.54, 1.807) is 37.3 Å². The third kappa shape index (κ3) is 5.79. The maximum atomic E-state index is 14.1. The summed E-state index contributed by atoms with van der Waals surface area (Å²) >= 11 is 0. The van der Waals surface area contributed by atoms with Gasteiger partial charge < -0.3 is 9.84 Å². The molecule has 9 heteroatoms. The summed E-state index contributed by atoms with van der Waals surface area (Å²) in [5, 5.41) is 8.87. The molecule has 2 aromatic carbocycles. The van der Waals surface area contributed by atoms with Crippen molar-refractivity contribution in [2.75, 3.05) is 4.72 Å². The Bertz CT molecular complexity index is 1330. The van der Waals surface area contributed by atoms with E-state index in [0.717, 1.165) is 36.0 Å². The van der Waals surface area contributed by atoms with Crippen LogP contribution in [0.4, 0.5) is 10.1 Å². The number of aromatic nitrogens is 1. The molecule has 0 amide bonds. The first kappa shape index (κ1) is 24.7. The molecule has 7 nitrogen and oxygen atoms in total. The number of nitrogens with one attached hydrogen (secondary N) is 1. The van der Waals surface area contributed by atoms with E-state index < -0.39 is 22.2 Å². The van der Waals surface area contributed by atoms with Crippen LogP contribution in [0.1, 0.15) is 52.4 Å². The predicted octanol–water partition coefficient (Wildman–Crippen LogP) is 4.94. The molecule has 3 aromatic rings. The van der Waals surface area contributed by atoms with Crippen molar-refractivity contribution in [1.82, 2.24) is 4.98 Å². The van der Waals surface area contributed by atoms with Crippen molar-refractivity contribution in [3.63, 3.8) is 0 Å². The first-order valence-electron chi connectivity index (χ1n) is 11.5. The molecule has 1 atom stereocenters. The van der Waals surface area contributed by atoms with Crippen LogP contribution in [0.2, 0.25) is 0 Å². The van der Waals surface area contributed by atoms with Crippen molar-refractivity contribution < 1.29 is 27.4 Å². The molecule has 0 bridgehead atoms. The van der Waals surface area contributed by atoms with Gasteiger partial charge in [0, 0.05) is 12.6 Å². The van der Waals surface area contributed by atoms with E-state index in [2.05, 4.69) is 9.71 Å². The summed E-state index contributed by atoms with van der Waals surface area (Å²) in [5.74, 6) is -0.648. The Hall–Kier alpha value is -3.46. The maximum Gasteiger partial charge on any atom is 0.335 e. The molecule has 0 spiro atoms. The minimum absolute atomic E-state index is 0.0412.